The van der Waals surface area contributed by atoms with E-state index in [4.69, 9.17) is 24.7 Å². The van der Waals surface area contributed by atoms with Gasteiger partial charge >= 0.3 is 0 Å². The SMILES string of the molecule is COc1cc(CCc2cc(NC(=O)c3ccc(N4C[C@@H](C)N(CCOCCOCCN5C[C@H](N)C(C)(C)C5)[C@@H](C)C4)cc3)n[nH]2)cc(OC)c1. The minimum atomic E-state index is -0.190. The van der Waals surface area contributed by atoms with Crippen LogP contribution in [-0.2, 0) is 22.3 Å². The number of hydrogen-bond donors (Lipinski definition) is 3. The molecule has 2 aliphatic rings. The molecule has 12 heteroatoms. The molecule has 50 heavy (non-hydrogen) atoms. The van der Waals surface area contributed by atoms with E-state index in [1.165, 1.54) is 0 Å². The lowest BCUT2D eigenvalue weighted by molar-refractivity contribution is 0.0208. The number of rotatable bonds is 17. The maximum Gasteiger partial charge on any atom is 0.256 e. The van der Waals surface area contributed by atoms with Crippen LogP contribution in [0.4, 0.5) is 11.5 Å². The fourth-order valence-corrected chi connectivity index (χ4v) is 7.00. The molecule has 0 saturated carbocycles. The first kappa shape index (κ1) is 37.6. The molecule has 3 atom stereocenters. The molecule has 4 N–H and O–H groups in total. The van der Waals surface area contributed by atoms with Crippen molar-refractivity contribution in [2.24, 2.45) is 11.1 Å². The molecule has 12 nitrogen and oxygen atoms in total. The zero-order valence-corrected chi connectivity index (χ0v) is 30.7. The zero-order valence-electron chi connectivity index (χ0n) is 30.7. The van der Waals surface area contributed by atoms with Crippen molar-refractivity contribution in [3.8, 4) is 11.5 Å². The van der Waals surface area contributed by atoms with E-state index in [2.05, 4.69) is 57.9 Å². The van der Waals surface area contributed by atoms with E-state index in [1.54, 1.807) is 14.2 Å². The van der Waals surface area contributed by atoms with Crippen LogP contribution in [0.1, 0.15) is 49.3 Å². The number of aryl methyl sites for hydroxylation is 2. The average molecular weight is 692 g/mol. The van der Waals surface area contributed by atoms with Crippen molar-refractivity contribution in [1.29, 1.82) is 0 Å². The Kier molecular flexibility index (Phi) is 13.2. The molecule has 2 aliphatic heterocycles. The van der Waals surface area contributed by atoms with Crippen molar-refractivity contribution >= 4 is 17.4 Å². The molecular weight excluding hydrogens is 634 g/mol. The van der Waals surface area contributed by atoms with Crippen LogP contribution in [0.2, 0.25) is 0 Å². The highest BCUT2D eigenvalue weighted by Crippen LogP contribution is 2.28. The van der Waals surface area contributed by atoms with Gasteiger partial charge in [-0.25, -0.2) is 0 Å². The number of piperazine rings is 1. The molecule has 2 saturated heterocycles. The van der Waals surface area contributed by atoms with Crippen LogP contribution >= 0.6 is 0 Å². The summed E-state index contributed by atoms with van der Waals surface area (Å²) in [6.07, 6.45) is 1.50. The lowest BCUT2D eigenvalue weighted by Gasteiger charge is -2.45. The number of nitrogens with zero attached hydrogens (tertiary/aromatic N) is 4. The standard InChI is InChI=1S/C38H57N7O5/c1-27-23-44(24-28(2)45(27)14-16-50-18-17-49-15-13-43-25-35(39)38(3,4)26-43)32-11-8-30(9-12-32)37(46)40-36-21-31(41-42-36)10-7-29-19-33(47-5)22-34(20-29)48-6/h8-9,11-12,19-22,27-28,35H,7,10,13-18,23-26,39H2,1-6H3,(H2,40,41,42,46)/t27-,28+,35-/m0/s1. The second-order valence-electron chi connectivity index (χ2n) is 14.4. The van der Waals surface area contributed by atoms with Crippen molar-refractivity contribution < 1.29 is 23.7 Å². The molecule has 5 rings (SSSR count). The number of ether oxygens (including phenoxy) is 4. The van der Waals surface area contributed by atoms with E-state index in [0.29, 0.717) is 49.9 Å². The molecule has 2 aromatic carbocycles. The molecule has 1 aromatic heterocycles. The van der Waals surface area contributed by atoms with Gasteiger partial charge in [0.1, 0.15) is 11.5 Å². The molecule has 0 spiro atoms. The lowest BCUT2D eigenvalue weighted by Crippen LogP contribution is -2.57. The van der Waals surface area contributed by atoms with Crippen LogP contribution in [0.5, 0.6) is 11.5 Å². The van der Waals surface area contributed by atoms with E-state index in [9.17, 15) is 4.79 Å². The molecule has 1 amide bonds. The maximum atomic E-state index is 13.0. The number of carbonyl (C=O) groups excluding carboxylic acids is 1. The van der Waals surface area contributed by atoms with Crippen LogP contribution in [0.15, 0.2) is 48.5 Å². The topological polar surface area (TPSA) is 130 Å². The van der Waals surface area contributed by atoms with Crippen LogP contribution in [0.3, 0.4) is 0 Å². The van der Waals surface area contributed by atoms with Crippen molar-refractivity contribution in [1.82, 2.24) is 20.0 Å². The fourth-order valence-electron chi connectivity index (χ4n) is 7.00. The number of methoxy groups -OCH3 is 2. The van der Waals surface area contributed by atoms with Crippen molar-refractivity contribution in [3.05, 3.63) is 65.4 Å². The fraction of sp³-hybridized carbons (Fsp3) is 0.579. The first-order chi connectivity index (χ1) is 24.0. The van der Waals surface area contributed by atoms with Gasteiger partial charge in [0.05, 0.1) is 40.6 Å². The van der Waals surface area contributed by atoms with Gasteiger partial charge in [0.15, 0.2) is 5.82 Å². The molecule has 3 aromatic rings. The summed E-state index contributed by atoms with van der Waals surface area (Å²) >= 11 is 0. The Hall–Kier alpha value is -3.68. The number of likely N-dealkylation sites (tertiary alicyclic amines) is 1. The van der Waals surface area contributed by atoms with Crippen LogP contribution in [-0.4, -0.2) is 124 Å². The van der Waals surface area contributed by atoms with Crippen molar-refractivity contribution in [2.45, 2.75) is 58.7 Å². The molecular formula is C38H57N7O5. The van der Waals surface area contributed by atoms with E-state index in [1.807, 2.05) is 48.5 Å². The molecule has 3 heterocycles. The number of anilines is 2. The summed E-state index contributed by atoms with van der Waals surface area (Å²) in [4.78, 5) is 20.3. The van der Waals surface area contributed by atoms with Gasteiger partial charge in [0.25, 0.3) is 5.91 Å². The number of aromatic nitrogens is 2. The number of H-pyrrole nitrogens is 1. The minimum absolute atomic E-state index is 0.176. The van der Waals surface area contributed by atoms with Gasteiger partial charge in [-0.2, -0.15) is 5.10 Å². The molecule has 0 radical (unpaired) electrons. The summed E-state index contributed by atoms with van der Waals surface area (Å²) in [6, 6.07) is 16.5. The second kappa shape index (κ2) is 17.5. The third-order valence-corrected chi connectivity index (χ3v) is 10.1. The Bertz CT molecular complexity index is 1480. The molecule has 0 aliphatic carbocycles. The molecule has 0 unspecified atom stereocenters. The van der Waals surface area contributed by atoms with Gasteiger partial charge in [-0.15, -0.1) is 0 Å². The Labute approximate surface area is 297 Å². The predicted molar refractivity (Wildman–Crippen MR) is 198 cm³/mol. The van der Waals surface area contributed by atoms with Crippen LogP contribution in [0.25, 0.3) is 0 Å². The Morgan fingerprint density at radius 1 is 0.900 bits per heavy atom. The van der Waals surface area contributed by atoms with Crippen molar-refractivity contribution in [3.63, 3.8) is 0 Å². The monoisotopic (exact) mass is 691 g/mol. The van der Waals surface area contributed by atoms with Gasteiger partial charge in [0.2, 0.25) is 0 Å². The molecule has 274 valence electrons. The summed E-state index contributed by atoms with van der Waals surface area (Å²) < 4.78 is 22.5. The number of aromatic amines is 1. The quantitative estimate of drug-likeness (QED) is 0.178. The highest BCUT2D eigenvalue weighted by Gasteiger charge is 2.36. The summed E-state index contributed by atoms with van der Waals surface area (Å²) in [5, 5.41) is 10.3. The Balaban J connectivity index is 0.995. The predicted octanol–water partition coefficient (Wildman–Crippen LogP) is 4.07. The molecule has 2 fully saturated rings. The number of carbonyl (C=O) groups is 1. The van der Waals surface area contributed by atoms with Gasteiger partial charge in [-0.1, -0.05) is 13.8 Å². The number of nitrogens with one attached hydrogen (secondary N) is 2. The normalized spacial score (nSPS) is 21.0. The zero-order chi connectivity index (χ0) is 35.7. The molecule has 0 bridgehead atoms. The van der Waals surface area contributed by atoms with Gasteiger partial charge in [-0.3, -0.25) is 19.7 Å². The van der Waals surface area contributed by atoms with E-state index in [-0.39, 0.29) is 17.4 Å². The lowest BCUT2D eigenvalue weighted by atomic mass is 9.89. The smallest absolute Gasteiger partial charge is 0.256 e. The summed E-state index contributed by atoms with van der Waals surface area (Å²) in [6.45, 7) is 17.2. The van der Waals surface area contributed by atoms with Crippen LogP contribution < -0.4 is 25.4 Å². The number of nitrogens with two attached hydrogens (primary N) is 1. The van der Waals surface area contributed by atoms with Crippen molar-refractivity contribution in [2.75, 3.05) is 90.1 Å². The highest BCUT2D eigenvalue weighted by atomic mass is 16.5. The van der Waals surface area contributed by atoms with Crippen LogP contribution in [0, 0.1) is 5.41 Å². The maximum absolute atomic E-state index is 13.0. The summed E-state index contributed by atoms with van der Waals surface area (Å²) in [5.41, 5.74) is 10.1. The van der Waals surface area contributed by atoms with Gasteiger partial charge < -0.3 is 34.9 Å². The van der Waals surface area contributed by atoms with E-state index in [0.717, 1.165) is 80.6 Å². The number of hydrogen-bond acceptors (Lipinski definition) is 10. The number of benzene rings is 2. The number of amides is 1. The second-order valence-corrected chi connectivity index (χ2v) is 14.4. The summed E-state index contributed by atoms with van der Waals surface area (Å²) in [7, 11) is 3.29. The van der Waals surface area contributed by atoms with Gasteiger partial charge in [0, 0.05) is 86.5 Å². The Morgan fingerprint density at radius 3 is 2.14 bits per heavy atom. The summed E-state index contributed by atoms with van der Waals surface area (Å²) in [5.74, 6) is 1.82. The first-order valence-electron chi connectivity index (χ1n) is 17.9. The van der Waals surface area contributed by atoms with E-state index >= 15 is 0 Å². The van der Waals surface area contributed by atoms with E-state index < -0.39 is 0 Å². The van der Waals surface area contributed by atoms with Gasteiger partial charge in [-0.05, 0) is 74.1 Å². The minimum Gasteiger partial charge on any atom is -0.497 e. The largest absolute Gasteiger partial charge is 0.497 e. The third-order valence-electron chi connectivity index (χ3n) is 10.1. The Morgan fingerprint density at radius 2 is 1.54 bits per heavy atom. The first-order valence-corrected chi connectivity index (χ1v) is 17.9. The average Bonchev–Trinajstić information content (AvgIpc) is 3.66. The third kappa shape index (κ3) is 10.2. The highest BCUT2D eigenvalue weighted by molar-refractivity contribution is 6.03.